The molecular formula is C25H20F3NO3S. The zero-order chi connectivity index (χ0) is 23.8. The molecule has 0 saturated carbocycles. The fourth-order valence-corrected chi connectivity index (χ4v) is 4.32. The summed E-state index contributed by atoms with van der Waals surface area (Å²) in [5.41, 5.74) is 1.59. The molecule has 33 heavy (non-hydrogen) atoms. The molecule has 4 aromatic rings. The molecule has 8 heteroatoms. The Balaban J connectivity index is 1.69. The van der Waals surface area contributed by atoms with E-state index >= 15 is 0 Å². The van der Waals surface area contributed by atoms with Crippen LogP contribution in [0.1, 0.15) is 16.8 Å². The van der Waals surface area contributed by atoms with Gasteiger partial charge in [0.1, 0.15) is 12.4 Å². The first-order chi connectivity index (χ1) is 15.5. The zero-order valence-electron chi connectivity index (χ0n) is 17.8. The molecule has 1 aromatic heterocycles. The monoisotopic (exact) mass is 471 g/mol. The zero-order valence-corrected chi connectivity index (χ0v) is 18.7. The number of hydrogen-bond acceptors (Lipinski definition) is 4. The van der Waals surface area contributed by atoms with E-state index in [-0.39, 0.29) is 17.0 Å². The predicted molar refractivity (Wildman–Crippen MR) is 121 cm³/mol. The average Bonchev–Trinajstić information content (AvgIpc) is 2.76. The van der Waals surface area contributed by atoms with Gasteiger partial charge in [-0.1, -0.05) is 36.4 Å². The van der Waals surface area contributed by atoms with E-state index in [9.17, 15) is 21.6 Å². The van der Waals surface area contributed by atoms with Gasteiger partial charge in [0, 0.05) is 17.3 Å². The second kappa shape index (κ2) is 8.51. The smallest absolute Gasteiger partial charge is 0.418 e. The minimum absolute atomic E-state index is 0.0936. The first kappa shape index (κ1) is 22.8. The number of para-hydroxylation sites is 1. The molecular weight excluding hydrogens is 451 g/mol. The van der Waals surface area contributed by atoms with Crippen molar-refractivity contribution in [2.75, 3.05) is 6.26 Å². The van der Waals surface area contributed by atoms with Crippen LogP contribution < -0.4 is 4.74 Å². The SMILES string of the molecule is Cc1cc(-c2cccc(OCc3cccc(S(C)(=O)=O)c3)c2)c2cccc(C(F)(F)F)c2n1. The molecule has 0 aliphatic rings. The molecule has 0 unspecified atom stereocenters. The van der Waals surface area contributed by atoms with Crippen LogP contribution in [0.3, 0.4) is 0 Å². The third kappa shape index (κ3) is 5.01. The molecule has 4 rings (SSSR count). The number of halogens is 3. The van der Waals surface area contributed by atoms with Gasteiger partial charge >= 0.3 is 6.18 Å². The highest BCUT2D eigenvalue weighted by Gasteiger charge is 2.33. The number of aryl methyl sites for hydroxylation is 1. The van der Waals surface area contributed by atoms with Crippen LogP contribution in [0.15, 0.2) is 77.7 Å². The van der Waals surface area contributed by atoms with E-state index in [1.807, 2.05) is 0 Å². The lowest BCUT2D eigenvalue weighted by Crippen LogP contribution is -2.07. The Bertz CT molecular complexity index is 1450. The van der Waals surface area contributed by atoms with Crippen molar-refractivity contribution in [3.8, 4) is 16.9 Å². The van der Waals surface area contributed by atoms with Crippen molar-refractivity contribution < 1.29 is 26.3 Å². The molecule has 0 bridgehead atoms. The van der Waals surface area contributed by atoms with Crippen LogP contribution in [-0.4, -0.2) is 19.7 Å². The van der Waals surface area contributed by atoms with Crippen LogP contribution in [0, 0.1) is 6.92 Å². The number of ether oxygens (including phenoxy) is 1. The van der Waals surface area contributed by atoms with E-state index in [1.54, 1.807) is 61.5 Å². The first-order valence-electron chi connectivity index (χ1n) is 10.0. The van der Waals surface area contributed by atoms with Gasteiger partial charge in [-0.2, -0.15) is 13.2 Å². The third-order valence-corrected chi connectivity index (χ3v) is 6.26. The van der Waals surface area contributed by atoms with Crippen LogP contribution in [0.2, 0.25) is 0 Å². The summed E-state index contributed by atoms with van der Waals surface area (Å²) >= 11 is 0. The van der Waals surface area contributed by atoms with Gasteiger partial charge in [-0.3, -0.25) is 4.98 Å². The normalized spacial score (nSPS) is 12.2. The number of benzene rings is 3. The summed E-state index contributed by atoms with van der Waals surface area (Å²) in [7, 11) is -3.33. The van der Waals surface area contributed by atoms with Crippen molar-refractivity contribution in [2.24, 2.45) is 0 Å². The molecule has 0 aliphatic carbocycles. The average molecular weight is 472 g/mol. The van der Waals surface area contributed by atoms with Crippen molar-refractivity contribution in [1.82, 2.24) is 4.98 Å². The summed E-state index contributed by atoms with van der Waals surface area (Å²) in [6.45, 7) is 1.80. The molecule has 3 aromatic carbocycles. The summed E-state index contributed by atoms with van der Waals surface area (Å²) in [5, 5.41) is 0.397. The van der Waals surface area contributed by atoms with E-state index in [1.165, 1.54) is 12.1 Å². The number of rotatable bonds is 5. The number of alkyl halides is 3. The molecule has 1 heterocycles. The van der Waals surface area contributed by atoms with Gasteiger partial charge in [0.25, 0.3) is 0 Å². The summed E-state index contributed by atoms with van der Waals surface area (Å²) in [5.74, 6) is 0.506. The van der Waals surface area contributed by atoms with Gasteiger partial charge in [0.15, 0.2) is 9.84 Å². The Morgan fingerprint density at radius 1 is 0.939 bits per heavy atom. The van der Waals surface area contributed by atoms with Crippen molar-refractivity contribution in [3.63, 3.8) is 0 Å². The topological polar surface area (TPSA) is 56.3 Å². The van der Waals surface area contributed by atoms with Gasteiger partial charge in [0.2, 0.25) is 0 Å². The molecule has 170 valence electrons. The molecule has 0 spiro atoms. The second-order valence-electron chi connectivity index (χ2n) is 7.75. The van der Waals surface area contributed by atoms with Gasteiger partial charge < -0.3 is 4.74 Å². The van der Waals surface area contributed by atoms with E-state index in [0.717, 1.165) is 12.3 Å². The fraction of sp³-hybridized carbons (Fsp3) is 0.160. The highest BCUT2D eigenvalue weighted by Crippen LogP contribution is 2.38. The van der Waals surface area contributed by atoms with Crippen molar-refractivity contribution in [2.45, 2.75) is 24.6 Å². The summed E-state index contributed by atoms with van der Waals surface area (Å²) in [4.78, 5) is 4.36. The molecule has 0 atom stereocenters. The molecule has 0 N–H and O–H groups in total. The molecule has 0 saturated heterocycles. The quantitative estimate of drug-likeness (QED) is 0.347. The van der Waals surface area contributed by atoms with Gasteiger partial charge in [-0.25, -0.2) is 8.42 Å². The van der Waals surface area contributed by atoms with Crippen LogP contribution in [0.25, 0.3) is 22.0 Å². The number of nitrogens with zero attached hydrogens (tertiary/aromatic N) is 1. The van der Waals surface area contributed by atoms with Gasteiger partial charge in [0.05, 0.1) is 16.0 Å². The van der Waals surface area contributed by atoms with Gasteiger partial charge in [-0.15, -0.1) is 0 Å². The van der Waals surface area contributed by atoms with Crippen molar-refractivity contribution in [3.05, 3.63) is 89.6 Å². The highest BCUT2D eigenvalue weighted by atomic mass is 32.2. The van der Waals surface area contributed by atoms with Crippen molar-refractivity contribution in [1.29, 1.82) is 0 Å². The Morgan fingerprint density at radius 2 is 1.67 bits per heavy atom. The Morgan fingerprint density at radius 3 is 2.39 bits per heavy atom. The summed E-state index contributed by atoms with van der Waals surface area (Å²) in [6.07, 6.45) is -3.37. The second-order valence-corrected chi connectivity index (χ2v) is 9.76. The lowest BCUT2D eigenvalue weighted by molar-refractivity contribution is -0.136. The molecule has 0 radical (unpaired) electrons. The maximum absolute atomic E-state index is 13.5. The maximum Gasteiger partial charge on any atom is 0.418 e. The number of aromatic nitrogens is 1. The largest absolute Gasteiger partial charge is 0.489 e. The third-order valence-electron chi connectivity index (χ3n) is 5.15. The number of hydrogen-bond donors (Lipinski definition) is 0. The molecule has 0 amide bonds. The van der Waals surface area contributed by atoms with E-state index in [2.05, 4.69) is 4.98 Å². The Kier molecular flexibility index (Phi) is 5.88. The summed E-state index contributed by atoms with van der Waals surface area (Å²) < 4.78 is 69.9. The van der Waals surface area contributed by atoms with E-state index in [4.69, 9.17) is 4.74 Å². The fourth-order valence-electron chi connectivity index (χ4n) is 3.63. The van der Waals surface area contributed by atoms with Gasteiger partial charge in [-0.05, 0) is 60.0 Å². The summed E-state index contributed by atoms with van der Waals surface area (Å²) in [6, 6.07) is 19.3. The molecule has 0 aliphatic heterocycles. The lowest BCUT2D eigenvalue weighted by atomic mass is 9.98. The van der Waals surface area contributed by atoms with Crippen molar-refractivity contribution >= 4 is 20.7 Å². The molecule has 0 fully saturated rings. The number of fused-ring (bicyclic) bond motifs is 1. The van der Waals surface area contributed by atoms with Crippen LogP contribution in [-0.2, 0) is 22.6 Å². The molecule has 4 nitrogen and oxygen atoms in total. The van der Waals surface area contributed by atoms with E-state index < -0.39 is 21.6 Å². The van der Waals surface area contributed by atoms with Crippen LogP contribution in [0.4, 0.5) is 13.2 Å². The lowest BCUT2D eigenvalue weighted by Gasteiger charge is -2.14. The first-order valence-corrected chi connectivity index (χ1v) is 11.9. The minimum atomic E-state index is -4.51. The van der Waals surface area contributed by atoms with Crippen LogP contribution >= 0.6 is 0 Å². The standard InChI is InChI=1S/C25H20F3NO3S/c1-16-12-22(21-10-5-11-23(24(21)29-16)25(26,27)28)18-7-4-8-19(14-18)32-15-17-6-3-9-20(13-17)33(2,30)31/h3-14H,15H2,1-2H3. The number of pyridine rings is 1. The predicted octanol–water partition coefficient (Wildman–Crippen LogP) is 6.21. The Hall–Kier alpha value is -3.39. The Labute approximate surface area is 189 Å². The highest BCUT2D eigenvalue weighted by molar-refractivity contribution is 7.90. The van der Waals surface area contributed by atoms with E-state index in [0.29, 0.717) is 33.5 Å². The van der Waals surface area contributed by atoms with Crippen LogP contribution in [0.5, 0.6) is 5.75 Å². The minimum Gasteiger partial charge on any atom is -0.489 e. The number of sulfone groups is 1. The maximum atomic E-state index is 13.5.